The van der Waals surface area contributed by atoms with Gasteiger partial charge in [-0.05, 0) is 48.2 Å². The van der Waals surface area contributed by atoms with Crippen LogP contribution in [-0.4, -0.2) is 43.6 Å². The number of carbonyl (C=O) groups is 1. The van der Waals surface area contributed by atoms with Crippen LogP contribution < -0.4 is 15.0 Å². The Bertz CT molecular complexity index is 1170. The number of benzene rings is 3. The number of nitrogens with zero attached hydrogens (tertiary/aromatic N) is 2. The molecule has 2 heterocycles. The van der Waals surface area contributed by atoms with Crippen LogP contribution in [0.2, 0.25) is 5.02 Å². The van der Waals surface area contributed by atoms with Gasteiger partial charge in [-0.1, -0.05) is 60.1 Å². The van der Waals surface area contributed by atoms with Crippen LogP contribution in [0.5, 0.6) is 5.75 Å². The number of hydrogen-bond donors (Lipinski definition) is 1. The van der Waals surface area contributed by atoms with Crippen LogP contribution in [0.4, 0.5) is 5.69 Å². The lowest BCUT2D eigenvalue weighted by atomic mass is 9.83. The molecule has 0 saturated carbocycles. The molecule has 2 aliphatic rings. The molecule has 6 heteroatoms. The van der Waals surface area contributed by atoms with Crippen molar-refractivity contribution in [1.82, 2.24) is 10.2 Å². The van der Waals surface area contributed by atoms with E-state index in [0.29, 0.717) is 0 Å². The minimum Gasteiger partial charge on any atom is -0.497 e. The first-order valence-electron chi connectivity index (χ1n) is 12.3. The van der Waals surface area contributed by atoms with E-state index in [1.807, 2.05) is 36.4 Å². The SMILES string of the molecule is COc1ccc2c(c1)N1CCN(Cc3ccc(Cl)cc3)C[C@@H]1[C@@H](C(=O)N[C@H](C)c1ccccc1)C2. The van der Waals surface area contributed by atoms with Crippen molar-refractivity contribution in [1.29, 1.82) is 0 Å². The summed E-state index contributed by atoms with van der Waals surface area (Å²) in [5.41, 5.74) is 4.76. The molecule has 35 heavy (non-hydrogen) atoms. The Morgan fingerprint density at radius 3 is 2.60 bits per heavy atom. The standard InChI is InChI=1S/C29H32ClN3O2/c1-20(22-6-4-3-5-7-22)31-29(34)26-16-23-10-13-25(35-2)17-27(23)33-15-14-32(19-28(26)33)18-21-8-11-24(30)12-9-21/h3-13,17,20,26,28H,14-16,18-19H2,1-2H3,(H,31,34)/t20-,26+,28-/m1/s1. The monoisotopic (exact) mass is 489 g/mol. The maximum absolute atomic E-state index is 13.7. The van der Waals surface area contributed by atoms with Gasteiger partial charge in [-0.2, -0.15) is 0 Å². The lowest BCUT2D eigenvalue weighted by Crippen LogP contribution is -2.61. The van der Waals surface area contributed by atoms with Crippen molar-refractivity contribution < 1.29 is 9.53 Å². The number of fused-ring (bicyclic) bond motifs is 3. The average Bonchev–Trinajstić information content (AvgIpc) is 2.89. The van der Waals surface area contributed by atoms with Crippen LogP contribution in [0.3, 0.4) is 0 Å². The van der Waals surface area contributed by atoms with E-state index in [-0.39, 0.29) is 23.9 Å². The molecule has 3 aromatic rings. The predicted molar refractivity (Wildman–Crippen MR) is 141 cm³/mol. The quantitative estimate of drug-likeness (QED) is 0.524. The van der Waals surface area contributed by atoms with Gasteiger partial charge in [-0.25, -0.2) is 0 Å². The molecular weight excluding hydrogens is 458 g/mol. The molecule has 0 bridgehead atoms. The van der Waals surface area contributed by atoms with Gasteiger partial charge in [0, 0.05) is 43.0 Å². The molecule has 0 aromatic heterocycles. The lowest BCUT2D eigenvalue weighted by Gasteiger charge is -2.49. The normalized spacial score (nSPS) is 20.5. The number of piperazine rings is 1. The fraction of sp³-hybridized carbons (Fsp3) is 0.345. The van der Waals surface area contributed by atoms with Gasteiger partial charge in [-0.15, -0.1) is 0 Å². The Balaban J connectivity index is 1.39. The summed E-state index contributed by atoms with van der Waals surface area (Å²) in [7, 11) is 1.70. The van der Waals surface area contributed by atoms with Gasteiger partial charge < -0.3 is 15.0 Å². The number of ether oxygens (including phenoxy) is 1. The smallest absolute Gasteiger partial charge is 0.226 e. The zero-order valence-corrected chi connectivity index (χ0v) is 21.0. The van der Waals surface area contributed by atoms with E-state index in [9.17, 15) is 4.79 Å². The summed E-state index contributed by atoms with van der Waals surface area (Å²) in [4.78, 5) is 18.6. The summed E-state index contributed by atoms with van der Waals surface area (Å²) in [6, 6.07) is 24.5. The maximum Gasteiger partial charge on any atom is 0.226 e. The van der Waals surface area contributed by atoms with Crippen LogP contribution in [0, 0.1) is 5.92 Å². The second-order valence-corrected chi connectivity index (χ2v) is 10.0. The van der Waals surface area contributed by atoms with Gasteiger partial charge in [0.25, 0.3) is 0 Å². The largest absolute Gasteiger partial charge is 0.497 e. The Hall–Kier alpha value is -3.02. The highest BCUT2D eigenvalue weighted by Gasteiger charge is 2.42. The molecule has 0 radical (unpaired) electrons. The fourth-order valence-corrected chi connectivity index (χ4v) is 5.53. The van der Waals surface area contributed by atoms with Gasteiger partial charge >= 0.3 is 0 Å². The second-order valence-electron chi connectivity index (χ2n) is 9.57. The van der Waals surface area contributed by atoms with E-state index in [4.69, 9.17) is 16.3 Å². The minimum absolute atomic E-state index is 0.0387. The van der Waals surface area contributed by atoms with Crippen molar-refractivity contribution in [3.63, 3.8) is 0 Å². The Kier molecular flexibility index (Phi) is 6.98. The van der Waals surface area contributed by atoms with Gasteiger partial charge in [0.05, 0.1) is 25.1 Å². The first kappa shape index (κ1) is 23.7. The zero-order valence-electron chi connectivity index (χ0n) is 20.3. The van der Waals surface area contributed by atoms with Crippen LogP contribution in [0.15, 0.2) is 72.8 Å². The van der Waals surface area contributed by atoms with Gasteiger partial charge in [0.2, 0.25) is 5.91 Å². The van der Waals surface area contributed by atoms with Crippen molar-refractivity contribution in [2.24, 2.45) is 5.92 Å². The number of carbonyl (C=O) groups excluding carboxylic acids is 1. The molecule has 1 N–H and O–H groups in total. The molecule has 0 aliphatic carbocycles. The summed E-state index contributed by atoms with van der Waals surface area (Å²) in [5, 5.41) is 4.05. The Morgan fingerprint density at radius 2 is 1.86 bits per heavy atom. The van der Waals surface area contributed by atoms with E-state index in [0.717, 1.165) is 48.9 Å². The molecule has 1 fully saturated rings. The first-order valence-corrected chi connectivity index (χ1v) is 12.7. The van der Waals surface area contributed by atoms with E-state index < -0.39 is 0 Å². The van der Waals surface area contributed by atoms with E-state index in [1.165, 1.54) is 16.8 Å². The van der Waals surface area contributed by atoms with E-state index in [1.54, 1.807) is 7.11 Å². The zero-order chi connectivity index (χ0) is 24.4. The van der Waals surface area contributed by atoms with E-state index in [2.05, 4.69) is 58.4 Å². The number of hydrogen-bond acceptors (Lipinski definition) is 4. The van der Waals surface area contributed by atoms with Gasteiger partial charge in [-0.3, -0.25) is 9.69 Å². The van der Waals surface area contributed by atoms with Gasteiger partial charge in [0.15, 0.2) is 0 Å². The Labute approximate surface area is 212 Å². The summed E-state index contributed by atoms with van der Waals surface area (Å²) in [5.74, 6) is 0.841. The van der Waals surface area contributed by atoms with E-state index >= 15 is 0 Å². The lowest BCUT2D eigenvalue weighted by molar-refractivity contribution is -0.126. The van der Waals surface area contributed by atoms with Crippen molar-refractivity contribution in [2.75, 3.05) is 31.6 Å². The highest BCUT2D eigenvalue weighted by molar-refractivity contribution is 6.30. The van der Waals surface area contributed by atoms with Crippen molar-refractivity contribution in [3.8, 4) is 5.75 Å². The topological polar surface area (TPSA) is 44.8 Å². The minimum atomic E-state index is -0.130. The average molecular weight is 490 g/mol. The molecule has 2 aliphatic heterocycles. The summed E-state index contributed by atoms with van der Waals surface area (Å²) in [6.07, 6.45) is 0.725. The van der Waals surface area contributed by atoms with Crippen molar-refractivity contribution in [2.45, 2.75) is 32.0 Å². The van der Waals surface area contributed by atoms with Gasteiger partial charge in [0.1, 0.15) is 5.75 Å². The second kappa shape index (κ2) is 10.3. The molecule has 3 aromatic carbocycles. The molecule has 5 nitrogen and oxygen atoms in total. The van der Waals surface area contributed by atoms with Crippen LogP contribution in [0.1, 0.15) is 29.7 Å². The third kappa shape index (κ3) is 5.16. The molecule has 3 atom stereocenters. The van der Waals surface area contributed by atoms with Crippen LogP contribution in [-0.2, 0) is 17.8 Å². The number of anilines is 1. The summed E-state index contributed by atoms with van der Waals surface area (Å²) in [6.45, 7) is 5.54. The maximum atomic E-state index is 13.7. The highest BCUT2D eigenvalue weighted by atomic mass is 35.5. The molecule has 0 unspecified atom stereocenters. The van der Waals surface area contributed by atoms with Crippen molar-refractivity contribution >= 4 is 23.2 Å². The Morgan fingerprint density at radius 1 is 1.09 bits per heavy atom. The molecule has 5 rings (SSSR count). The molecule has 1 saturated heterocycles. The molecule has 182 valence electrons. The number of methoxy groups -OCH3 is 1. The first-order chi connectivity index (χ1) is 17.0. The summed E-state index contributed by atoms with van der Waals surface area (Å²) >= 11 is 6.08. The summed E-state index contributed by atoms with van der Waals surface area (Å²) < 4.78 is 5.52. The number of rotatable bonds is 6. The highest BCUT2D eigenvalue weighted by Crippen LogP contribution is 2.38. The fourth-order valence-electron chi connectivity index (χ4n) is 5.40. The number of amides is 1. The van der Waals surface area contributed by atoms with Crippen LogP contribution >= 0.6 is 11.6 Å². The number of halogens is 1. The number of nitrogens with one attached hydrogen (secondary N) is 1. The van der Waals surface area contributed by atoms with Crippen molar-refractivity contribution in [3.05, 3.63) is 94.5 Å². The third-order valence-corrected chi connectivity index (χ3v) is 7.58. The molecular formula is C29H32ClN3O2. The molecule has 0 spiro atoms. The van der Waals surface area contributed by atoms with Crippen LogP contribution in [0.25, 0.3) is 0 Å². The molecule has 1 amide bonds. The predicted octanol–water partition coefficient (Wildman–Crippen LogP) is 5.09. The third-order valence-electron chi connectivity index (χ3n) is 7.32.